The number of esters is 1. The normalized spacial score (nSPS) is 16.6. The molecule has 0 bridgehead atoms. The summed E-state index contributed by atoms with van der Waals surface area (Å²) in [5, 5.41) is 0.761. The van der Waals surface area contributed by atoms with Crippen LogP contribution in [0.5, 0.6) is 0 Å². The van der Waals surface area contributed by atoms with Gasteiger partial charge in [-0.3, -0.25) is 9.59 Å². The highest BCUT2D eigenvalue weighted by atomic mass is 32.2. The van der Waals surface area contributed by atoms with Gasteiger partial charge in [0.05, 0.1) is 0 Å². The van der Waals surface area contributed by atoms with Crippen molar-refractivity contribution in [2.45, 2.75) is 44.3 Å². The standard InChI is InChI=1S/C11H18O3S/c1-9(12)8-11(13)14-6-7-15-10-4-2-3-5-10/h10H,2-8H2,1H3. The summed E-state index contributed by atoms with van der Waals surface area (Å²) in [7, 11) is 0. The average molecular weight is 230 g/mol. The number of carbonyl (C=O) groups excluding carboxylic acids is 2. The number of hydrogen-bond acceptors (Lipinski definition) is 4. The number of carbonyl (C=O) groups is 2. The molecule has 4 heteroatoms. The Morgan fingerprint density at radius 1 is 1.33 bits per heavy atom. The average Bonchev–Trinajstić information content (AvgIpc) is 2.63. The SMILES string of the molecule is CC(=O)CC(=O)OCCSC1CCCC1. The third-order valence-electron chi connectivity index (χ3n) is 2.40. The fourth-order valence-corrected chi connectivity index (χ4v) is 2.86. The van der Waals surface area contributed by atoms with Gasteiger partial charge < -0.3 is 4.74 Å². The first kappa shape index (κ1) is 12.6. The van der Waals surface area contributed by atoms with Crippen molar-refractivity contribution >= 4 is 23.5 Å². The van der Waals surface area contributed by atoms with Gasteiger partial charge in [0.1, 0.15) is 18.8 Å². The van der Waals surface area contributed by atoms with Crippen LogP contribution in [0.3, 0.4) is 0 Å². The topological polar surface area (TPSA) is 43.4 Å². The molecule has 1 aliphatic carbocycles. The van der Waals surface area contributed by atoms with Gasteiger partial charge in [0.15, 0.2) is 0 Å². The molecule has 0 aromatic heterocycles. The molecule has 0 N–H and O–H groups in total. The van der Waals surface area contributed by atoms with Crippen molar-refractivity contribution < 1.29 is 14.3 Å². The van der Waals surface area contributed by atoms with E-state index in [0.29, 0.717) is 6.61 Å². The van der Waals surface area contributed by atoms with E-state index < -0.39 is 5.97 Å². The summed E-state index contributed by atoms with van der Waals surface area (Å²) in [5.41, 5.74) is 0. The van der Waals surface area contributed by atoms with Crippen LogP contribution in [0.25, 0.3) is 0 Å². The number of Topliss-reactive ketones (excluding diaryl/α,β-unsaturated/α-hetero) is 1. The largest absolute Gasteiger partial charge is 0.464 e. The van der Waals surface area contributed by atoms with Crippen LogP contribution in [-0.4, -0.2) is 29.4 Å². The lowest BCUT2D eigenvalue weighted by Crippen LogP contribution is -2.11. The summed E-state index contributed by atoms with van der Waals surface area (Å²) in [6, 6.07) is 0. The van der Waals surface area contributed by atoms with Crippen molar-refractivity contribution in [2.75, 3.05) is 12.4 Å². The van der Waals surface area contributed by atoms with Crippen LogP contribution in [0.1, 0.15) is 39.0 Å². The fourth-order valence-electron chi connectivity index (χ4n) is 1.68. The summed E-state index contributed by atoms with van der Waals surface area (Å²) in [6.07, 6.45) is 5.18. The van der Waals surface area contributed by atoms with E-state index in [1.54, 1.807) is 0 Å². The summed E-state index contributed by atoms with van der Waals surface area (Å²) in [6.45, 7) is 1.84. The quantitative estimate of drug-likeness (QED) is 0.398. The maximum atomic E-state index is 11.0. The van der Waals surface area contributed by atoms with Crippen molar-refractivity contribution in [3.8, 4) is 0 Å². The minimum Gasteiger partial charge on any atom is -0.464 e. The molecule has 0 radical (unpaired) electrons. The Hall–Kier alpha value is -0.510. The zero-order valence-corrected chi connectivity index (χ0v) is 9.98. The maximum Gasteiger partial charge on any atom is 0.313 e. The molecule has 0 atom stereocenters. The molecular weight excluding hydrogens is 212 g/mol. The summed E-state index contributed by atoms with van der Waals surface area (Å²) in [4.78, 5) is 21.6. The lowest BCUT2D eigenvalue weighted by Gasteiger charge is -2.08. The van der Waals surface area contributed by atoms with Gasteiger partial charge in [0.25, 0.3) is 0 Å². The van der Waals surface area contributed by atoms with E-state index >= 15 is 0 Å². The molecule has 0 aliphatic heterocycles. The first-order valence-electron chi connectivity index (χ1n) is 5.45. The van der Waals surface area contributed by atoms with Crippen LogP contribution in [0, 0.1) is 0 Å². The molecule has 0 amide bonds. The van der Waals surface area contributed by atoms with Crippen LogP contribution < -0.4 is 0 Å². The number of hydrogen-bond donors (Lipinski definition) is 0. The van der Waals surface area contributed by atoms with E-state index in [4.69, 9.17) is 4.74 Å². The summed E-state index contributed by atoms with van der Waals surface area (Å²) >= 11 is 1.88. The predicted octanol–water partition coefficient (Wildman–Crippen LogP) is 2.18. The van der Waals surface area contributed by atoms with E-state index in [2.05, 4.69) is 0 Å². The molecule has 15 heavy (non-hydrogen) atoms. The van der Waals surface area contributed by atoms with Crippen molar-refractivity contribution in [2.24, 2.45) is 0 Å². The third-order valence-corrected chi connectivity index (χ3v) is 3.74. The molecule has 1 rings (SSSR count). The van der Waals surface area contributed by atoms with Crippen LogP contribution in [0.4, 0.5) is 0 Å². The second-order valence-corrected chi connectivity index (χ2v) is 5.28. The lowest BCUT2D eigenvalue weighted by atomic mass is 10.3. The number of thioether (sulfide) groups is 1. The minimum atomic E-state index is -0.394. The van der Waals surface area contributed by atoms with Crippen LogP contribution in [-0.2, 0) is 14.3 Å². The number of ether oxygens (including phenoxy) is 1. The van der Waals surface area contributed by atoms with Crippen molar-refractivity contribution in [3.05, 3.63) is 0 Å². The summed E-state index contributed by atoms with van der Waals surface area (Å²) < 4.78 is 4.93. The second kappa shape index (κ2) is 6.88. The second-order valence-electron chi connectivity index (χ2n) is 3.88. The lowest BCUT2D eigenvalue weighted by molar-refractivity contribution is -0.145. The number of ketones is 1. The van der Waals surface area contributed by atoms with Gasteiger partial charge in [-0.25, -0.2) is 0 Å². The Labute approximate surface area is 94.9 Å². The fraction of sp³-hybridized carbons (Fsp3) is 0.818. The third kappa shape index (κ3) is 5.82. The van der Waals surface area contributed by atoms with Gasteiger partial charge in [-0.1, -0.05) is 12.8 Å². The molecule has 0 unspecified atom stereocenters. The van der Waals surface area contributed by atoms with Crippen molar-refractivity contribution in [1.29, 1.82) is 0 Å². The molecule has 0 aromatic rings. The zero-order chi connectivity index (χ0) is 11.1. The van der Waals surface area contributed by atoms with Gasteiger partial charge >= 0.3 is 5.97 Å². The van der Waals surface area contributed by atoms with Crippen LogP contribution >= 0.6 is 11.8 Å². The Morgan fingerprint density at radius 3 is 2.60 bits per heavy atom. The smallest absolute Gasteiger partial charge is 0.313 e. The van der Waals surface area contributed by atoms with Gasteiger partial charge in [0, 0.05) is 11.0 Å². The van der Waals surface area contributed by atoms with Crippen molar-refractivity contribution in [1.82, 2.24) is 0 Å². The van der Waals surface area contributed by atoms with Crippen LogP contribution in [0.2, 0.25) is 0 Å². The maximum absolute atomic E-state index is 11.0. The first-order chi connectivity index (χ1) is 7.18. The number of rotatable bonds is 6. The molecule has 0 saturated heterocycles. The minimum absolute atomic E-state index is 0.0892. The van der Waals surface area contributed by atoms with E-state index in [-0.39, 0.29) is 12.2 Å². The van der Waals surface area contributed by atoms with E-state index in [0.717, 1.165) is 11.0 Å². The predicted molar refractivity (Wildman–Crippen MR) is 61.0 cm³/mol. The molecular formula is C11H18O3S. The molecule has 3 nitrogen and oxygen atoms in total. The zero-order valence-electron chi connectivity index (χ0n) is 9.16. The molecule has 0 spiro atoms. The monoisotopic (exact) mass is 230 g/mol. The highest BCUT2D eigenvalue weighted by Crippen LogP contribution is 2.28. The van der Waals surface area contributed by atoms with E-state index in [9.17, 15) is 9.59 Å². The Bertz CT molecular complexity index is 222. The molecule has 1 aliphatic rings. The van der Waals surface area contributed by atoms with Gasteiger partial charge in [-0.2, -0.15) is 11.8 Å². The first-order valence-corrected chi connectivity index (χ1v) is 6.50. The molecule has 1 fully saturated rings. The highest BCUT2D eigenvalue weighted by Gasteiger charge is 2.15. The molecule has 1 saturated carbocycles. The Morgan fingerprint density at radius 2 is 2.00 bits per heavy atom. The van der Waals surface area contributed by atoms with Gasteiger partial charge in [-0.15, -0.1) is 0 Å². The van der Waals surface area contributed by atoms with Crippen LogP contribution in [0.15, 0.2) is 0 Å². The van der Waals surface area contributed by atoms with E-state index in [1.807, 2.05) is 11.8 Å². The molecule has 0 heterocycles. The van der Waals surface area contributed by atoms with Gasteiger partial charge in [0.2, 0.25) is 0 Å². The van der Waals surface area contributed by atoms with Gasteiger partial charge in [-0.05, 0) is 19.8 Å². The molecule has 86 valence electrons. The van der Waals surface area contributed by atoms with E-state index in [1.165, 1.54) is 32.6 Å². The Balaban J connectivity index is 1.96. The molecule has 0 aromatic carbocycles. The summed E-state index contributed by atoms with van der Waals surface area (Å²) in [5.74, 6) is 0.326. The Kier molecular flexibility index (Phi) is 5.76. The van der Waals surface area contributed by atoms with Crippen molar-refractivity contribution in [3.63, 3.8) is 0 Å². The highest BCUT2D eigenvalue weighted by molar-refractivity contribution is 7.99.